The summed E-state index contributed by atoms with van der Waals surface area (Å²) in [7, 11) is 0. The van der Waals surface area contributed by atoms with Crippen LogP contribution < -0.4 is 0 Å². The molecule has 5 nitrogen and oxygen atoms in total. The molecule has 0 rings (SSSR count). The Morgan fingerprint density at radius 1 is 0.409 bits per heavy atom. The van der Waals surface area contributed by atoms with Crippen molar-refractivity contribution in [2.75, 3.05) is 6.61 Å². The quantitative estimate of drug-likeness (QED) is 0.0402. The number of aliphatic hydroxyl groups is 2. The first-order valence-corrected chi connectivity index (χ1v) is 19.8. The van der Waals surface area contributed by atoms with Crippen LogP contribution in [-0.2, 0) is 33.3 Å². The third kappa shape index (κ3) is 29.2. The molecule has 0 aliphatic carbocycles. The van der Waals surface area contributed by atoms with Crippen molar-refractivity contribution in [2.24, 2.45) is 0 Å². The van der Waals surface area contributed by atoms with Crippen LogP contribution in [0.2, 0.25) is 0 Å². The van der Waals surface area contributed by atoms with Gasteiger partial charge in [0.05, 0.1) is 6.61 Å². The van der Waals surface area contributed by atoms with Gasteiger partial charge in [0, 0.05) is 12.8 Å². The summed E-state index contributed by atoms with van der Waals surface area (Å²) in [5.74, 6) is -0.990. The van der Waals surface area contributed by atoms with E-state index in [1.54, 1.807) is 0 Å². The molecule has 6 heteroatoms. The van der Waals surface area contributed by atoms with Crippen LogP contribution >= 0.6 is 0 Å². The van der Waals surface area contributed by atoms with Crippen LogP contribution in [0.5, 0.6) is 0 Å². The second-order valence-electron chi connectivity index (χ2n) is 13.3. The zero-order chi connectivity index (χ0) is 33.0. The molecule has 0 fully saturated rings. The van der Waals surface area contributed by atoms with E-state index in [0.717, 1.165) is 46.1 Å². The van der Waals surface area contributed by atoms with Crippen molar-refractivity contribution in [3.05, 3.63) is 0 Å². The minimum atomic E-state index is -2.19. The van der Waals surface area contributed by atoms with Crippen molar-refractivity contribution in [3.63, 3.8) is 0 Å². The molecule has 0 radical (unpaired) electrons. The van der Waals surface area contributed by atoms with E-state index in [4.69, 9.17) is 3.32 Å². The molecule has 0 saturated carbocycles. The van der Waals surface area contributed by atoms with E-state index >= 15 is 0 Å². The van der Waals surface area contributed by atoms with Crippen LogP contribution in [0.15, 0.2) is 0 Å². The molecular weight excluding hydrogens is 584 g/mol. The van der Waals surface area contributed by atoms with Gasteiger partial charge in [-0.1, -0.05) is 194 Å². The SMILES string of the molecule is CCCCCCCCCCCCCCCCCC(=O)C(O)(CO)C(=O)CCCCCCCCCCCCCCCCC.[O]=[Ti]. The minimum absolute atomic E-state index is 0.180. The molecule has 0 unspecified atom stereocenters. The Balaban J connectivity index is 0. The fraction of sp³-hybridized carbons (Fsp3) is 0.947. The molecule has 0 saturated heterocycles. The molecular formula is C38H74O5Ti. The van der Waals surface area contributed by atoms with E-state index in [0.29, 0.717) is 12.8 Å². The van der Waals surface area contributed by atoms with E-state index < -0.39 is 23.8 Å². The summed E-state index contributed by atoms with van der Waals surface area (Å²) >= 11 is 0.750. The van der Waals surface area contributed by atoms with Gasteiger partial charge in [-0.15, -0.1) is 0 Å². The summed E-state index contributed by atoms with van der Waals surface area (Å²) in [5, 5.41) is 20.3. The predicted molar refractivity (Wildman–Crippen MR) is 182 cm³/mol. The van der Waals surface area contributed by atoms with Gasteiger partial charge < -0.3 is 10.2 Å². The van der Waals surface area contributed by atoms with Crippen molar-refractivity contribution in [2.45, 2.75) is 225 Å². The Morgan fingerprint density at radius 3 is 0.773 bits per heavy atom. The normalized spacial score (nSPS) is 11.3. The van der Waals surface area contributed by atoms with Crippen LogP contribution in [0.3, 0.4) is 0 Å². The predicted octanol–water partition coefficient (Wildman–Crippen LogP) is 11.2. The van der Waals surface area contributed by atoms with Crippen molar-refractivity contribution in [1.29, 1.82) is 0 Å². The van der Waals surface area contributed by atoms with E-state index in [2.05, 4.69) is 13.8 Å². The first-order chi connectivity index (χ1) is 21.5. The van der Waals surface area contributed by atoms with E-state index in [-0.39, 0.29) is 12.8 Å². The first-order valence-electron chi connectivity index (χ1n) is 19.1. The molecule has 260 valence electrons. The van der Waals surface area contributed by atoms with Crippen molar-refractivity contribution >= 4 is 11.6 Å². The monoisotopic (exact) mass is 659 g/mol. The Labute approximate surface area is 285 Å². The second-order valence-corrected chi connectivity index (χ2v) is 13.3. The maximum absolute atomic E-state index is 12.6. The Bertz CT molecular complexity index is 566. The number of aliphatic hydroxyl groups excluding tert-OH is 1. The maximum atomic E-state index is 12.6. The molecule has 0 aliphatic heterocycles. The standard InChI is InChI=1S/C38H74O4.O.Ti/c1-3-5-7-9-11-13-15-17-19-21-23-25-27-29-31-33-36(40)38(42,35-39)37(41)34-32-30-28-26-24-22-20-18-16-14-12-10-8-6-4-2;;/h39,42H,3-35H2,1-2H3;;. The molecule has 0 heterocycles. The average molecular weight is 659 g/mol. The fourth-order valence-electron chi connectivity index (χ4n) is 6.06. The Kier molecular flexibility index (Phi) is 38.8. The van der Waals surface area contributed by atoms with Crippen LogP contribution in [0.1, 0.15) is 219 Å². The van der Waals surface area contributed by atoms with Gasteiger partial charge in [-0.2, -0.15) is 0 Å². The van der Waals surface area contributed by atoms with E-state index in [1.807, 2.05) is 0 Å². The number of unbranched alkanes of at least 4 members (excludes halogenated alkanes) is 28. The number of hydrogen-bond acceptors (Lipinski definition) is 5. The van der Waals surface area contributed by atoms with Gasteiger partial charge in [0.15, 0.2) is 11.6 Å². The summed E-state index contributed by atoms with van der Waals surface area (Å²) in [6.45, 7) is 3.74. The average Bonchev–Trinajstić information content (AvgIpc) is 3.04. The zero-order valence-corrected chi connectivity index (χ0v) is 31.0. The van der Waals surface area contributed by atoms with Crippen LogP contribution in [0.25, 0.3) is 0 Å². The number of carbonyl (C=O) groups is 2. The number of Topliss-reactive ketones (excluding diaryl/α,β-unsaturated/α-hetero) is 2. The third-order valence-electron chi connectivity index (χ3n) is 9.17. The Hall–Kier alpha value is -0.226. The molecule has 0 aromatic rings. The molecule has 0 aromatic carbocycles. The van der Waals surface area contributed by atoms with Crippen LogP contribution in [-0.4, -0.2) is 34.0 Å². The van der Waals surface area contributed by atoms with Gasteiger partial charge >= 0.3 is 23.7 Å². The summed E-state index contributed by atoms with van der Waals surface area (Å²) in [4.78, 5) is 25.2. The number of hydrogen-bond donors (Lipinski definition) is 2. The van der Waals surface area contributed by atoms with Gasteiger partial charge in [-0.3, -0.25) is 9.59 Å². The van der Waals surface area contributed by atoms with Crippen LogP contribution in [0, 0.1) is 0 Å². The Morgan fingerprint density at radius 2 is 0.591 bits per heavy atom. The van der Waals surface area contributed by atoms with Gasteiger partial charge in [0.2, 0.25) is 5.60 Å². The van der Waals surface area contributed by atoms with Crippen molar-refractivity contribution in [3.8, 4) is 0 Å². The molecule has 0 aliphatic rings. The van der Waals surface area contributed by atoms with Gasteiger partial charge in [0.1, 0.15) is 0 Å². The molecule has 0 spiro atoms. The summed E-state index contributed by atoms with van der Waals surface area (Å²) < 4.78 is 8.25. The molecule has 0 atom stereocenters. The zero-order valence-electron chi connectivity index (χ0n) is 29.5. The molecule has 0 amide bonds. The molecule has 0 bridgehead atoms. The summed E-state index contributed by atoms with van der Waals surface area (Å²) in [5.41, 5.74) is -2.19. The van der Waals surface area contributed by atoms with Gasteiger partial charge in [0.25, 0.3) is 0 Å². The van der Waals surface area contributed by atoms with E-state index in [9.17, 15) is 19.8 Å². The van der Waals surface area contributed by atoms with Crippen molar-refractivity contribution in [1.82, 2.24) is 0 Å². The van der Waals surface area contributed by atoms with Crippen molar-refractivity contribution < 1.29 is 43.5 Å². The summed E-state index contributed by atoms with van der Waals surface area (Å²) in [6.07, 6.45) is 38.0. The number of carbonyl (C=O) groups excluding carboxylic acids is 2. The van der Waals surface area contributed by atoms with Gasteiger partial charge in [-0.05, 0) is 12.8 Å². The van der Waals surface area contributed by atoms with Gasteiger partial charge in [-0.25, -0.2) is 0 Å². The molecule has 44 heavy (non-hydrogen) atoms. The fourth-order valence-corrected chi connectivity index (χ4v) is 6.06. The third-order valence-corrected chi connectivity index (χ3v) is 9.17. The second kappa shape index (κ2) is 37.2. The summed E-state index contributed by atoms with van der Waals surface area (Å²) in [6, 6.07) is 0. The molecule has 0 aromatic heterocycles. The number of rotatable bonds is 35. The molecule has 2 N–H and O–H groups in total. The topological polar surface area (TPSA) is 91.7 Å². The van der Waals surface area contributed by atoms with E-state index in [1.165, 1.54) is 154 Å². The van der Waals surface area contributed by atoms with Crippen LogP contribution in [0.4, 0.5) is 0 Å². The first kappa shape index (κ1) is 45.9. The number of ketones is 2.